The maximum absolute atomic E-state index is 7.07. The molecule has 1 aliphatic rings. The lowest BCUT2D eigenvalue weighted by molar-refractivity contribution is -0.106. The first-order chi connectivity index (χ1) is 8.20. The van der Waals surface area contributed by atoms with Crippen molar-refractivity contribution in [3.8, 4) is 5.75 Å². The van der Waals surface area contributed by atoms with Crippen LogP contribution in [0.5, 0.6) is 5.75 Å². The Balaban J connectivity index is 2.17. The van der Waals surface area contributed by atoms with E-state index in [-0.39, 0.29) is 6.29 Å². The van der Waals surface area contributed by atoms with Crippen LogP contribution in [0, 0.1) is 20.4 Å². The number of aryl methyl sites for hydroxylation is 2. The Kier molecular flexibility index (Phi) is 3.60. The van der Waals surface area contributed by atoms with Crippen LogP contribution >= 0.6 is 0 Å². The van der Waals surface area contributed by atoms with Gasteiger partial charge in [-0.3, -0.25) is 4.98 Å². The van der Waals surface area contributed by atoms with Crippen molar-refractivity contribution in [1.82, 2.24) is 4.98 Å². The predicted octanol–water partition coefficient (Wildman–Crippen LogP) is 3.15. The Labute approximate surface area is 101 Å². The smallest absolute Gasteiger partial charge is 0.211 e. The molecular formula is C13H16N2O2. The third kappa shape index (κ3) is 2.75. The van der Waals surface area contributed by atoms with Crippen LogP contribution in [-0.4, -0.2) is 17.9 Å². The quantitative estimate of drug-likeness (QED) is 0.735. The van der Waals surface area contributed by atoms with Gasteiger partial charge in [-0.25, -0.2) is 4.85 Å². The van der Waals surface area contributed by atoms with E-state index in [0.717, 1.165) is 37.3 Å². The molecule has 1 unspecified atom stereocenters. The Morgan fingerprint density at radius 3 is 2.88 bits per heavy atom. The minimum Gasteiger partial charge on any atom is -0.464 e. The molecular weight excluding hydrogens is 216 g/mol. The lowest BCUT2D eigenvalue weighted by atomic mass is 10.2. The molecule has 1 saturated heterocycles. The fourth-order valence-electron chi connectivity index (χ4n) is 1.88. The fraction of sp³-hybridized carbons (Fsp3) is 0.538. The molecule has 0 bridgehead atoms. The molecule has 2 rings (SSSR count). The standard InChI is InChI=1S/C13H16N2O2/c1-9-11(14-3)8-12(10(2)15-9)17-13-6-4-5-7-16-13/h8,13H,4-7H2,1-2H3. The molecule has 1 aromatic rings. The van der Waals surface area contributed by atoms with Gasteiger partial charge < -0.3 is 9.47 Å². The highest BCUT2D eigenvalue weighted by atomic mass is 16.7. The molecule has 4 nitrogen and oxygen atoms in total. The van der Waals surface area contributed by atoms with Crippen LogP contribution in [0.3, 0.4) is 0 Å². The molecule has 0 N–H and O–H groups in total. The van der Waals surface area contributed by atoms with Gasteiger partial charge >= 0.3 is 0 Å². The maximum Gasteiger partial charge on any atom is 0.211 e. The summed E-state index contributed by atoms with van der Waals surface area (Å²) in [6.07, 6.45) is 2.93. The topological polar surface area (TPSA) is 35.7 Å². The number of aromatic nitrogens is 1. The highest BCUT2D eigenvalue weighted by molar-refractivity contribution is 5.53. The third-order valence-electron chi connectivity index (χ3n) is 2.85. The van der Waals surface area contributed by atoms with Gasteiger partial charge in [-0.1, -0.05) is 0 Å². The van der Waals surface area contributed by atoms with Gasteiger partial charge in [0.2, 0.25) is 5.69 Å². The van der Waals surface area contributed by atoms with Gasteiger partial charge in [-0.05, 0) is 32.8 Å². The average molecular weight is 232 g/mol. The van der Waals surface area contributed by atoms with E-state index < -0.39 is 0 Å². The molecule has 90 valence electrons. The molecule has 2 heterocycles. The summed E-state index contributed by atoms with van der Waals surface area (Å²) in [5, 5.41) is 0. The van der Waals surface area contributed by atoms with E-state index in [4.69, 9.17) is 16.0 Å². The van der Waals surface area contributed by atoms with Crippen LogP contribution in [0.4, 0.5) is 5.69 Å². The van der Waals surface area contributed by atoms with Crippen LogP contribution in [0.25, 0.3) is 4.85 Å². The van der Waals surface area contributed by atoms with Gasteiger partial charge in [0, 0.05) is 12.1 Å². The van der Waals surface area contributed by atoms with E-state index in [1.54, 1.807) is 6.07 Å². The first-order valence-corrected chi connectivity index (χ1v) is 5.84. The molecule has 0 aromatic carbocycles. The fourth-order valence-corrected chi connectivity index (χ4v) is 1.88. The molecule has 1 fully saturated rings. The number of hydrogen-bond donors (Lipinski definition) is 0. The van der Waals surface area contributed by atoms with Crippen molar-refractivity contribution < 1.29 is 9.47 Å². The normalized spacial score (nSPS) is 19.7. The van der Waals surface area contributed by atoms with E-state index in [2.05, 4.69) is 9.83 Å². The van der Waals surface area contributed by atoms with Gasteiger partial charge in [-0.15, -0.1) is 0 Å². The summed E-state index contributed by atoms with van der Waals surface area (Å²) < 4.78 is 11.3. The summed E-state index contributed by atoms with van der Waals surface area (Å²) in [5.74, 6) is 0.661. The van der Waals surface area contributed by atoms with Crippen molar-refractivity contribution in [3.63, 3.8) is 0 Å². The zero-order chi connectivity index (χ0) is 12.3. The van der Waals surface area contributed by atoms with Crippen LogP contribution in [0.2, 0.25) is 0 Å². The summed E-state index contributed by atoms with van der Waals surface area (Å²) in [7, 11) is 0. The van der Waals surface area contributed by atoms with Crippen LogP contribution in [-0.2, 0) is 4.74 Å². The number of rotatable bonds is 2. The molecule has 1 aliphatic heterocycles. The molecule has 0 spiro atoms. The van der Waals surface area contributed by atoms with E-state index in [9.17, 15) is 0 Å². The Morgan fingerprint density at radius 1 is 1.41 bits per heavy atom. The molecule has 0 saturated carbocycles. The summed E-state index contributed by atoms with van der Waals surface area (Å²) >= 11 is 0. The van der Waals surface area contributed by atoms with Gasteiger partial charge in [0.25, 0.3) is 0 Å². The first-order valence-electron chi connectivity index (χ1n) is 5.84. The van der Waals surface area contributed by atoms with Crippen molar-refractivity contribution >= 4 is 5.69 Å². The Hall–Kier alpha value is -1.60. The molecule has 0 aliphatic carbocycles. The molecule has 0 radical (unpaired) electrons. The third-order valence-corrected chi connectivity index (χ3v) is 2.85. The zero-order valence-corrected chi connectivity index (χ0v) is 10.2. The van der Waals surface area contributed by atoms with Crippen molar-refractivity contribution in [3.05, 3.63) is 28.9 Å². The van der Waals surface area contributed by atoms with E-state index in [1.165, 1.54) is 0 Å². The zero-order valence-electron chi connectivity index (χ0n) is 10.2. The van der Waals surface area contributed by atoms with Crippen LogP contribution in [0.15, 0.2) is 6.07 Å². The highest BCUT2D eigenvalue weighted by Gasteiger charge is 2.17. The van der Waals surface area contributed by atoms with Crippen molar-refractivity contribution in [2.75, 3.05) is 6.61 Å². The Morgan fingerprint density at radius 2 is 2.24 bits per heavy atom. The van der Waals surface area contributed by atoms with Crippen molar-refractivity contribution in [2.45, 2.75) is 39.4 Å². The number of hydrogen-bond acceptors (Lipinski definition) is 3. The monoisotopic (exact) mass is 232 g/mol. The number of pyridine rings is 1. The largest absolute Gasteiger partial charge is 0.464 e. The summed E-state index contributed by atoms with van der Waals surface area (Å²) in [6.45, 7) is 11.5. The Bertz CT molecular complexity index is 445. The number of nitrogens with zero attached hydrogens (tertiary/aromatic N) is 2. The predicted molar refractivity (Wildman–Crippen MR) is 64.2 cm³/mol. The van der Waals surface area contributed by atoms with Crippen LogP contribution < -0.4 is 4.74 Å². The van der Waals surface area contributed by atoms with Gasteiger partial charge in [0.15, 0.2) is 6.29 Å². The van der Waals surface area contributed by atoms with Gasteiger partial charge in [-0.2, -0.15) is 0 Å². The van der Waals surface area contributed by atoms with Crippen molar-refractivity contribution in [2.24, 2.45) is 0 Å². The number of ether oxygens (including phenoxy) is 2. The lowest BCUT2D eigenvalue weighted by Crippen LogP contribution is -2.25. The summed E-state index contributed by atoms with van der Waals surface area (Å²) in [4.78, 5) is 7.75. The molecule has 1 aromatic heterocycles. The first kappa shape index (κ1) is 11.9. The molecule has 17 heavy (non-hydrogen) atoms. The summed E-state index contributed by atoms with van der Waals surface area (Å²) in [6, 6.07) is 1.75. The minimum absolute atomic E-state index is 0.189. The molecule has 4 heteroatoms. The highest BCUT2D eigenvalue weighted by Crippen LogP contribution is 2.28. The molecule has 0 amide bonds. The van der Waals surface area contributed by atoms with Crippen molar-refractivity contribution in [1.29, 1.82) is 0 Å². The van der Waals surface area contributed by atoms with E-state index >= 15 is 0 Å². The molecule has 1 atom stereocenters. The van der Waals surface area contributed by atoms with Gasteiger partial charge in [0.1, 0.15) is 5.75 Å². The summed E-state index contributed by atoms with van der Waals surface area (Å²) in [5.41, 5.74) is 2.10. The van der Waals surface area contributed by atoms with E-state index in [1.807, 2.05) is 13.8 Å². The average Bonchev–Trinajstić information content (AvgIpc) is 2.34. The second-order valence-corrected chi connectivity index (χ2v) is 4.20. The van der Waals surface area contributed by atoms with Crippen LogP contribution in [0.1, 0.15) is 30.7 Å². The second kappa shape index (κ2) is 5.15. The lowest BCUT2D eigenvalue weighted by Gasteiger charge is -2.24. The second-order valence-electron chi connectivity index (χ2n) is 4.20. The maximum atomic E-state index is 7.07. The van der Waals surface area contributed by atoms with E-state index in [0.29, 0.717) is 11.4 Å². The SMILES string of the molecule is [C-]#[N+]c1cc(OC2CCCCO2)c(C)nc1C. The minimum atomic E-state index is -0.189. The van der Waals surface area contributed by atoms with Gasteiger partial charge in [0.05, 0.1) is 18.9 Å².